The predicted molar refractivity (Wildman–Crippen MR) is 123 cm³/mol. The highest BCUT2D eigenvalue weighted by Gasteiger charge is 2.23. The van der Waals surface area contributed by atoms with E-state index in [1.165, 1.54) is 23.3 Å². The molecule has 1 amide bonds. The lowest BCUT2D eigenvalue weighted by molar-refractivity contribution is 0.102. The summed E-state index contributed by atoms with van der Waals surface area (Å²) < 4.78 is 0. The number of nitrogens with zero attached hydrogens (tertiary/aromatic N) is 2. The van der Waals surface area contributed by atoms with Crippen molar-refractivity contribution in [1.29, 1.82) is 0 Å². The zero-order chi connectivity index (χ0) is 20.2. The molecule has 2 aromatic heterocycles. The van der Waals surface area contributed by atoms with Crippen LogP contribution >= 0.6 is 22.7 Å². The summed E-state index contributed by atoms with van der Waals surface area (Å²) in [5.74, 6) is 0.453. The standard InChI is InChI=1S/C22H26N4OS2/c1-15-6-7-17(19(12-15)26-10-2-4-16(13-26)8-9-23)24-21(27)18-14-29-22(25-18)20-5-3-11-28-20/h3,5-7,11-12,14,16H,2,4,8-10,13,23H2,1H3,(H,24,27). The summed E-state index contributed by atoms with van der Waals surface area (Å²) in [6, 6.07) is 10.2. The molecule has 0 aliphatic carbocycles. The summed E-state index contributed by atoms with van der Waals surface area (Å²) in [6.07, 6.45) is 3.43. The lowest BCUT2D eigenvalue weighted by Gasteiger charge is -2.35. The fraction of sp³-hybridized carbons (Fsp3) is 0.364. The first kappa shape index (κ1) is 20.1. The largest absolute Gasteiger partial charge is 0.370 e. The molecule has 7 heteroatoms. The molecular weight excluding hydrogens is 400 g/mol. The molecule has 3 heterocycles. The van der Waals surface area contributed by atoms with Crippen molar-refractivity contribution >= 4 is 40.0 Å². The Labute approximate surface area is 179 Å². The number of nitrogens with two attached hydrogens (primary N) is 1. The Balaban J connectivity index is 1.53. The fourth-order valence-corrected chi connectivity index (χ4v) is 5.46. The Bertz CT molecular complexity index is 965. The third-order valence-corrected chi connectivity index (χ3v) is 7.19. The molecule has 4 rings (SSSR count). The van der Waals surface area contributed by atoms with E-state index in [2.05, 4.69) is 28.2 Å². The van der Waals surface area contributed by atoms with Crippen LogP contribution in [0.1, 0.15) is 35.3 Å². The molecule has 1 atom stereocenters. The predicted octanol–water partition coefficient (Wildman–Crippen LogP) is 5.00. The molecule has 152 valence electrons. The van der Waals surface area contributed by atoms with Crippen molar-refractivity contribution in [2.45, 2.75) is 26.2 Å². The van der Waals surface area contributed by atoms with Gasteiger partial charge < -0.3 is 16.0 Å². The first-order chi connectivity index (χ1) is 14.1. The molecule has 3 N–H and O–H groups in total. The quantitative estimate of drug-likeness (QED) is 0.582. The number of piperidine rings is 1. The Morgan fingerprint density at radius 2 is 2.24 bits per heavy atom. The number of aryl methyl sites for hydroxylation is 1. The molecule has 1 fully saturated rings. The van der Waals surface area contributed by atoms with Gasteiger partial charge in [-0.3, -0.25) is 4.79 Å². The smallest absolute Gasteiger partial charge is 0.275 e. The number of benzene rings is 1. The normalized spacial score (nSPS) is 16.8. The van der Waals surface area contributed by atoms with Gasteiger partial charge in [0.25, 0.3) is 5.91 Å². The number of anilines is 2. The van der Waals surface area contributed by atoms with Gasteiger partial charge in [-0.25, -0.2) is 4.98 Å². The van der Waals surface area contributed by atoms with Gasteiger partial charge in [0.05, 0.1) is 16.3 Å². The van der Waals surface area contributed by atoms with Crippen LogP contribution in [0, 0.1) is 12.8 Å². The van der Waals surface area contributed by atoms with E-state index in [-0.39, 0.29) is 5.91 Å². The minimum atomic E-state index is -0.162. The summed E-state index contributed by atoms with van der Waals surface area (Å²) >= 11 is 3.14. The van der Waals surface area contributed by atoms with Crippen molar-refractivity contribution in [3.05, 3.63) is 52.3 Å². The third-order valence-electron chi connectivity index (χ3n) is 5.30. The highest BCUT2D eigenvalue weighted by atomic mass is 32.1. The molecule has 5 nitrogen and oxygen atoms in total. The number of hydrogen-bond donors (Lipinski definition) is 2. The van der Waals surface area contributed by atoms with Gasteiger partial charge in [-0.1, -0.05) is 12.1 Å². The van der Waals surface area contributed by atoms with Gasteiger partial charge in [-0.05, 0) is 67.8 Å². The van der Waals surface area contributed by atoms with Gasteiger partial charge in [-0.15, -0.1) is 22.7 Å². The maximum absolute atomic E-state index is 12.9. The SMILES string of the molecule is Cc1ccc(NC(=O)c2csc(-c3cccs3)n2)c(N2CCCC(CCN)C2)c1. The first-order valence-electron chi connectivity index (χ1n) is 10.0. The third kappa shape index (κ3) is 4.69. The molecule has 0 bridgehead atoms. The van der Waals surface area contributed by atoms with Gasteiger partial charge in [0.1, 0.15) is 10.7 Å². The Morgan fingerprint density at radius 3 is 3.03 bits per heavy atom. The number of carbonyl (C=O) groups is 1. The molecule has 3 aromatic rings. The summed E-state index contributed by atoms with van der Waals surface area (Å²) in [7, 11) is 0. The molecule has 0 radical (unpaired) electrons. The topological polar surface area (TPSA) is 71.2 Å². The van der Waals surface area contributed by atoms with Crippen molar-refractivity contribution in [3.8, 4) is 9.88 Å². The van der Waals surface area contributed by atoms with Gasteiger partial charge in [0.15, 0.2) is 0 Å². The number of thiophene rings is 1. The molecule has 29 heavy (non-hydrogen) atoms. The lowest BCUT2D eigenvalue weighted by Crippen LogP contribution is -2.36. The second-order valence-electron chi connectivity index (χ2n) is 7.52. The molecule has 1 aliphatic rings. The molecule has 1 unspecified atom stereocenters. The highest BCUT2D eigenvalue weighted by Crippen LogP contribution is 2.33. The van der Waals surface area contributed by atoms with E-state index in [1.54, 1.807) is 11.3 Å². The lowest BCUT2D eigenvalue weighted by atomic mass is 9.94. The van der Waals surface area contributed by atoms with Gasteiger partial charge in [0.2, 0.25) is 0 Å². The van der Waals surface area contributed by atoms with Crippen LogP contribution in [0.25, 0.3) is 9.88 Å². The summed E-state index contributed by atoms with van der Waals surface area (Å²) in [6.45, 7) is 4.81. The van der Waals surface area contributed by atoms with Gasteiger partial charge in [0, 0.05) is 18.5 Å². The number of thiazole rings is 1. The number of carbonyl (C=O) groups excluding carboxylic acids is 1. The minimum Gasteiger partial charge on any atom is -0.370 e. The van der Waals surface area contributed by atoms with E-state index in [0.717, 1.165) is 53.7 Å². The molecule has 1 aliphatic heterocycles. The highest BCUT2D eigenvalue weighted by molar-refractivity contribution is 7.20. The van der Waals surface area contributed by atoms with Crippen molar-refractivity contribution in [2.24, 2.45) is 11.7 Å². The number of amides is 1. The first-order valence-corrected chi connectivity index (χ1v) is 11.8. The van der Waals surface area contributed by atoms with Crippen molar-refractivity contribution in [3.63, 3.8) is 0 Å². The maximum Gasteiger partial charge on any atom is 0.275 e. The molecule has 0 saturated carbocycles. The fourth-order valence-electron chi connectivity index (χ4n) is 3.84. The van der Waals surface area contributed by atoms with Gasteiger partial charge >= 0.3 is 0 Å². The Hall–Kier alpha value is -2.22. The minimum absolute atomic E-state index is 0.162. The molecule has 1 saturated heterocycles. The number of hydrogen-bond acceptors (Lipinski definition) is 6. The van der Waals surface area contributed by atoms with Crippen LogP contribution in [0.15, 0.2) is 41.1 Å². The van der Waals surface area contributed by atoms with Crippen LogP contribution in [0.2, 0.25) is 0 Å². The van der Waals surface area contributed by atoms with Crippen LogP contribution in [-0.2, 0) is 0 Å². The molecular formula is C22H26N4OS2. The van der Waals surface area contributed by atoms with E-state index >= 15 is 0 Å². The van der Waals surface area contributed by atoms with E-state index in [1.807, 2.05) is 35.0 Å². The van der Waals surface area contributed by atoms with Crippen molar-refractivity contribution < 1.29 is 4.79 Å². The van der Waals surface area contributed by atoms with Crippen LogP contribution in [0.4, 0.5) is 11.4 Å². The molecule has 0 spiro atoms. The second kappa shape index (κ2) is 9.07. The van der Waals surface area contributed by atoms with E-state index < -0.39 is 0 Å². The average Bonchev–Trinajstić information content (AvgIpc) is 3.41. The van der Waals surface area contributed by atoms with Crippen LogP contribution < -0.4 is 16.0 Å². The van der Waals surface area contributed by atoms with Crippen molar-refractivity contribution in [1.82, 2.24) is 4.98 Å². The molecule has 1 aromatic carbocycles. The monoisotopic (exact) mass is 426 g/mol. The van der Waals surface area contributed by atoms with E-state index in [9.17, 15) is 4.79 Å². The van der Waals surface area contributed by atoms with Crippen LogP contribution in [-0.4, -0.2) is 30.5 Å². The Morgan fingerprint density at radius 1 is 1.34 bits per heavy atom. The van der Waals surface area contributed by atoms with E-state index in [4.69, 9.17) is 5.73 Å². The second-order valence-corrected chi connectivity index (χ2v) is 9.33. The summed E-state index contributed by atoms with van der Waals surface area (Å²) in [4.78, 5) is 20.9. The number of aromatic nitrogens is 1. The summed E-state index contributed by atoms with van der Waals surface area (Å²) in [5.41, 5.74) is 9.37. The number of nitrogens with one attached hydrogen (secondary N) is 1. The zero-order valence-electron chi connectivity index (χ0n) is 16.6. The number of rotatable bonds is 6. The zero-order valence-corrected chi connectivity index (χ0v) is 18.2. The summed E-state index contributed by atoms with van der Waals surface area (Å²) in [5, 5.41) is 7.83. The van der Waals surface area contributed by atoms with Crippen LogP contribution in [0.3, 0.4) is 0 Å². The maximum atomic E-state index is 12.9. The van der Waals surface area contributed by atoms with Crippen molar-refractivity contribution in [2.75, 3.05) is 29.9 Å². The van der Waals surface area contributed by atoms with Crippen LogP contribution in [0.5, 0.6) is 0 Å². The van der Waals surface area contributed by atoms with Gasteiger partial charge in [-0.2, -0.15) is 0 Å². The Kier molecular flexibility index (Phi) is 6.28. The van der Waals surface area contributed by atoms with E-state index in [0.29, 0.717) is 11.6 Å². The average molecular weight is 427 g/mol.